The molecule has 1 aromatic carbocycles. The Balaban J connectivity index is 0.00000225. The van der Waals surface area contributed by atoms with Gasteiger partial charge < -0.3 is 15.7 Å². The molecular formula is C18H22IN3OS2. The van der Waals surface area contributed by atoms with Gasteiger partial charge in [-0.1, -0.05) is 18.2 Å². The molecule has 0 aliphatic heterocycles. The van der Waals surface area contributed by atoms with Crippen LogP contribution in [-0.4, -0.2) is 24.2 Å². The van der Waals surface area contributed by atoms with E-state index in [4.69, 9.17) is 0 Å². The maximum atomic E-state index is 10.5. The van der Waals surface area contributed by atoms with Crippen molar-refractivity contribution in [1.82, 2.24) is 10.6 Å². The Bertz CT molecular complexity index is 769. The van der Waals surface area contributed by atoms with E-state index in [1.165, 1.54) is 15.6 Å². The highest BCUT2D eigenvalue weighted by atomic mass is 127. The van der Waals surface area contributed by atoms with Gasteiger partial charge in [-0.2, -0.15) is 11.3 Å². The molecule has 7 heteroatoms. The molecule has 3 aromatic rings. The molecule has 25 heavy (non-hydrogen) atoms. The Morgan fingerprint density at radius 3 is 2.80 bits per heavy atom. The second kappa shape index (κ2) is 10.1. The van der Waals surface area contributed by atoms with Gasteiger partial charge in [-0.05, 0) is 46.8 Å². The lowest BCUT2D eigenvalue weighted by Gasteiger charge is -2.14. The maximum Gasteiger partial charge on any atom is 0.191 e. The van der Waals surface area contributed by atoms with Crippen LogP contribution in [-0.2, 0) is 6.54 Å². The molecule has 2 heterocycles. The van der Waals surface area contributed by atoms with Gasteiger partial charge in [0.15, 0.2) is 5.96 Å². The van der Waals surface area contributed by atoms with Crippen LogP contribution in [0.4, 0.5) is 0 Å². The third kappa shape index (κ3) is 5.67. The summed E-state index contributed by atoms with van der Waals surface area (Å²) in [5.74, 6) is 0.726. The van der Waals surface area contributed by atoms with Crippen molar-refractivity contribution in [3.8, 4) is 0 Å². The molecule has 0 amide bonds. The van der Waals surface area contributed by atoms with Crippen molar-refractivity contribution in [1.29, 1.82) is 0 Å². The van der Waals surface area contributed by atoms with Crippen LogP contribution in [0.1, 0.15) is 23.5 Å². The number of aliphatic hydroxyl groups excluding tert-OH is 1. The van der Waals surface area contributed by atoms with Gasteiger partial charge in [-0.25, -0.2) is 4.99 Å². The molecule has 0 saturated heterocycles. The van der Waals surface area contributed by atoms with E-state index in [1.54, 1.807) is 22.7 Å². The van der Waals surface area contributed by atoms with Crippen LogP contribution < -0.4 is 10.6 Å². The average molecular weight is 487 g/mol. The van der Waals surface area contributed by atoms with Crippen molar-refractivity contribution in [2.75, 3.05) is 13.1 Å². The minimum Gasteiger partial charge on any atom is -0.386 e. The second-order valence-corrected chi connectivity index (χ2v) is 7.31. The Kier molecular flexibility index (Phi) is 8.14. The van der Waals surface area contributed by atoms with Crippen LogP contribution in [0.2, 0.25) is 0 Å². The van der Waals surface area contributed by atoms with Crippen LogP contribution >= 0.6 is 46.7 Å². The van der Waals surface area contributed by atoms with Crippen molar-refractivity contribution in [3.05, 3.63) is 57.6 Å². The first-order chi connectivity index (χ1) is 11.8. The Morgan fingerprint density at radius 1 is 1.24 bits per heavy atom. The fraction of sp³-hybridized carbons (Fsp3) is 0.278. The number of hydrogen-bond donors (Lipinski definition) is 3. The van der Waals surface area contributed by atoms with Crippen LogP contribution in [0.15, 0.2) is 52.2 Å². The third-order valence-corrected chi connectivity index (χ3v) is 5.53. The molecular weight excluding hydrogens is 465 g/mol. The summed E-state index contributed by atoms with van der Waals surface area (Å²) in [6.07, 6.45) is -0.549. The number of fused-ring (bicyclic) bond motifs is 1. The zero-order chi connectivity index (χ0) is 16.8. The van der Waals surface area contributed by atoms with Crippen molar-refractivity contribution in [3.63, 3.8) is 0 Å². The summed E-state index contributed by atoms with van der Waals surface area (Å²) in [5.41, 5.74) is 1.20. The number of benzene rings is 1. The van der Waals surface area contributed by atoms with E-state index in [-0.39, 0.29) is 24.0 Å². The largest absolute Gasteiger partial charge is 0.386 e. The Labute approximate surface area is 173 Å². The summed E-state index contributed by atoms with van der Waals surface area (Å²) in [4.78, 5) is 5.53. The third-order valence-electron chi connectivity index (χ3n) is 3.58. The summed E-state index contributed by atoms with van der Waals surface area (Å²) < 4.78 is 1.20. The minimum absolute atomic E-state index is 0. The van der Waals surface area contributed by atoms with Gasteiger partial charge in [0, 0.05) is 22.7 Å². The molecule has 0 aliphatic carbocycles. The number of nitrogens with one attached hydrogen (secondary N) is 2. The first kappa shape index (κ1) is 20.2. The SMILES string of the molecule is CCNC(=NCc1ccsc1)NCC(O)c1cc2ccccc2s1.I. The smallest absolute Gasteiger partial charge is 0.191 e. The highest BCUT2D eigenvalue weighted by Gasteiger charge is 2.12. The molecule has 1 atom stereocenters. The van der Waals surface area contributed by atoms with E-state index in [1.807, 2.05) is 19.1 Å². The van der Waals surface area contributed by atoms with Gasteiger partial charge in [-0.15, -0.1) is 35.3 Å². The summed E-state index contributed by atoms with van der Waals surface area (Å²) in [7, 11) is 0. The number of aliphatic imine (C=N–C) groups is 1. The lowest BCUT2D eigenvalue weighted by Crippen LogP contribution is -2.39. The molecule has 0 aliphatic rings. The zero-order valence-corrected chi connectivity index (χ0v) is 17.9. The Hall–Kier alpha value is -1.16. The molecule has 4 nitrogen and oxygen atoms in total. The highest BCUT2D eigenvalue weighted by molar-refractivity contribution is 14.0. The maximum absolute atomic E-state index is 10.5. The van der Waals surface area contributed by atoms with Gasteiger partial charge >= 0.3 is 0 Å². The Morgan fingerprint density at radius 2 is 2.08 bits per heavy atom. The number of hydrogen-bond acceptors (Lipinski definition) is 4. The van der Waals surface area contributed by atoms with E-state index >= 15 is 0 Å². The predicted molar refractivity (Wildman–Crippen MR) is 119 cm³/mol. The summed E-state index contributed by atoms with van der Waals surface area (Å²) in [5, 5.41) is 22.2. The van der Waals surface area contributed by atoms with Gasteiger partial charge in [0.05, 0.1) is 6.54 Å². The molecule has 0 spiro atoms. The molecule has 1 unspecified atom stereocenters. The first-order valence-electron chi connectivity index (χ1n) is 7.96. The standard InChI is InChI=1S/C18H21N3OS2.HI/c1-2-19-18(20-10-13-7-8-23-12-13)21-11-15(22)17-9-14-5-3-4-6-16(14)24-17;/h3-9,12,15,22H,2,10-11H2,1H3,(H2,19,20,21);1H. The molecule has 2 aromatic heterocycles. The summed E-state index contributed by atoms with van der Waals surface area (Å²) >= 11 is 3.31. The fourth-order valence-electron chi connectivity index (χ4n) is 2.36. The van der Waals surface area contributed by atoms with Crippen LogP contribution in [0, 0.1) is 0 Å². The molecule has 0 radical (unpaired) electrons. The van der Waals surface area contributed by atoms with Crippen LogP contribution in [0.25, 0.3) is 10.1 Å². The van der Waals surface area contributed by atoms with E-state index in [0.29, 0.717) is 13.1 Å². The zero-order valence-electron chi connectivity index (χ0n) is 13.9. The number of halogens is 1. The molecule has 3 N–H and O–H groups in total. The van der Waals surface area contributed by atoms with E-state index < -0.39 is 6.10 Å². The predicted octanol–water partition coefficient (Wildman–Crippen LogP) is 4.37. The van der Waals surface area contributed by atoms with Gasteiger partial charge in [0.2, 0.25) is 0 Å². The number of aliphatic hydroxyl groups is 1. The molecule has 0 fully saturated rings. The molecule has 134 valence electrons. The lowest BCUT2D eigenvalue weighted by molar-refractivity contribution is 0.184. The van der Waals surface area contributed by atoms with Crippen LogP contribution in [0.5, 0.6) is 0 Å². The van der Waals surface area contributed by atoms with E-state index in [9.17, 15) is 5.11 Å². The first-order valence-corrected chi connectivity index (χ1v) is 9.72. The number of rotatable bonds is 6. The van der Waals surface area contributed by atoms with Crippen molar-refractivity contribution < 1.29 is 5.11 Å². The van der Waals surface area contributed by atoms with Crippen molar-refractivity contribution in [2.45, 2.75) is 19.6 Å². The quantitative estimate of drug-likeness (QED) is 0.275. The number of nitrogens with zero attached hydrogens (tertiary/aromatic N) is 1. The highest BCUT2D eigenvalue weighted by Crippen LogP contribution is 2.29. The molecule has 0 bridgehead atoms. The van der Waals surface area contributed by atoms with E-state index in [0.717, 1.165) is 17.4 Å². The van der Waals surface area contributed by atoms with Crippen molar-refractivity contribution in [2.24, 2.45) is 4.99 Å². The van der Waals surface area contributed by atoms with Gasteiger partial charge in [0.25, 0.3) is 0 Å². The number of thiophene rings is 2. The van der Waals surface area contributed by atoms with Crippen molar-refractivity contribution >= 4 is 62.7 Å². The van der Waals surface area contributed by atoms with Gasteiger partial charge in [0.1, 0.15) is 6.10 Å². The van der Waals surface area contributed by atoms with E-state index in [2.05, 4.69) is 50.7 Å². The lowest BCUT2D eigenvalue weighted by atomic mass is 10.2. The molecule has 0 saturated carbocycles. The van der Waals surface area contributed by atoms with Crippen LogP contribution in [0.3, 0.4) is 0 Å². The number of guanidine groups is 1. The normalized spacial score (nSPS) is 12.6. The molecule has 3 rings (SSSR count). The average Bonchev–Trinajstić information content (AvgIpc) is 3.26. The second-order valence-electron chi connectivity index (χ2n) is 5.41. The van der Waals surface area contributed by atoms with Gasteiger partial charge in [-0.3, -0.25) is 0 Å². The monoisotopic (exact) mass is 487 g/mol. The summed E-state index contributed by atoms with van der Waals surface area (Å²) in [6, 6.07) is 12.3. The summed E-state index contributed by atoms with van der Waals surface area (Å²) in [6.45, 7) is 3.89. The topological polar surface area (TPSA) is 56.7 Å². The fourth-order valence-corrected chi connectivity index (χ4v) is 4.07. The minimum atomic E-state index is -0.549.